The van der Waals surface area contributed by atoms with Crippen LogP contribution in [0.1, 0.15) is 18.6 Å². The van der Waals surface area contributed by atoms with Crippen molar-refractivity contribution in [3.05, 3.63) is 28.5 Å². The predicted octanol–water partition coefficient (Wildman–Crippen LogP) is 1.49. The first-order chi connectivity index (χ1) is 6.24. The van der Waals surface area contributed by atoms with Gasteiger partial charge in [-0.2, -0.15) is 0 Å². The number of rotatable bonds is 4. The molecule has 4 heteroatoms. The van der Waals surface area contributed by atoms with Crippen LogP contribution in [0.5, 0.6) is 0 Å². The Hall–Kier alpha value is -0.450. The lowest BCUT2D eigenvalue weighted by Gasteiger charge is -2.10. The maximum absolute atomic E-state index is 9.65. The molecule has 0 aliphatic carbocycles. The van der Waals surface area contributed by atoms with Crippen molar-refractivity contribution >= 4 is 15.9 Å². The molecule has 0 aliphatic heterocycles. The number of aliphatic hydroxyl groups is 1. The number of hydrogen-bond donors (Lipinski definition) is 2. The number of nitrogens with zero attached hydrogens (tertiary/aromatic N) is 1. The third-order valence-electron chi connectivity index (χ3n) is 1.70. The van der Waals surface area contributed by atoms with Gasteiger partial charge < -0.3 is 10.4 Å². The van der Waals surface area contributed by atoms with Gasteiger partial charge in [-0.25, -0.2) is 0 Å². The molecule has 2 N–H and O–H groups in total. The van der Waals surface area contributed by atoms with Crippen molar-refractivity contribution in [1.82, 2.24) is 10.3 Å². The zero-order chi connectivity index (χ0) is 9.68. The van der Waals surface area contributed by atoms with Crippen molar-refractivity contribution in [1.29, 1.82) is 0 Å². The summed E-state index contributed by atoms with van der Waals surface area (Å²) in [6.45, 7) is 3.43. The van der Waals surface area contributed by atoms with Gasteiger partial charge in [-0.3, -0.25) is 4.98 Å². The van der Waals surface area contributed by atoms with Crippen molar-refractivity contribution in [3.63, 3.8) is 0 Å². The van der Waals surface area contributed by atoms with Gasteiger partial charge in [-0.05, 0) is 28.5 Å². The number of pyridine rings is 1. The molecule has 1 heterocycles. The van der Waals surface area contributed by atoms with Crippen molar-refractivity contribution in [2.45, 2.75) is 13.0 Å². The molecule has 0 saturated heterocycles. The summed E-state index contributed by atoms with van der Waals surface area (Å²) < 4.78 is 0.889. The number of aliphatic hydroxyl groups excluding tert-OH is 1. The molecule has 3 nitrogen and oxygen atoms in total. The van der Waals surface area contributed by atoms with Gasteiger partial charge in [-0.15, -0.1) is 0 Å². The smallest absolute Gasteiger partial charge is 0.0929 e. The molecule has 1 aromatic rings. The van der Waals surface area contributed by atoms with E-state index in [0.29, 0.717) is 6.54 Å². The van der Waals surface area contributed by atoms with E-state index in [1.54, 1.807) is 12.4 Å². The number of hydrogen-bond acceptors (Lipinski definition) is 3. The Labute approximate surface area is 86.3 Å². The third-order valence-corrected chi connectivity index (χ3v) is 2.13. The normalized spacial score (nSPS) is 12.8. The van der Waals surface area contributed by atoms with Crippen molar-refractivity contribution in [3.8, 4) is 0 Å². The van der Waals surface area contributed by atoms with E-state index < -0.39 is 6.10 Å². The topological polar surface area (TPSA) is 45.1 Å². The summed E-state index contributed by atoms with van der Waals surface area (Å²) in [5.41, 5.74) is 0.829. The molecular weight excluding hydrogens is 232 g/mol. The fraction of sp³-hybridized carbons (Fsp3) is 0.444. The molecule has 0 aliphatic rings. The van der Waals surface area contributed by atoms with Gasteiger partial charge in [0.25, 0.3) is 0 Å². The van der Waals surface area contributed by atoms with Crippen LogP contribution in [-0.4, -0.2) is 23.2 Å². The highest BCUT2D eigenvalue weighted by atomic mass is 79.9. The maximum Gasteiger partial charge on any atom is 0.0929 e. The molecule has 0 aromatic carbocycles. The van der Waals surface area contributed by atoms with Gasteiger partial charge in [0.05, 0.1) is 6.10 Å². The van der Waals surface area contributed by atoms with Crippen LogP contribution in [0.25, 0.3) is 0 Å². The van der Waals surface area contributed by atoms with E-state index in [1.807, 2.05) is 13.0 Å². The second-order valence-electron chi connectivity index (χ2n) is 2.76. The fourth-order valence-electron chi connectivity index (χ4n) is 1.01. The zero-order valence-electron chi connectivity index (χ0n) is 7.50. The lowest BCUT2D eigenvalue weighted by Crippen LogP contribution is -2.20. The largest absolute Gasteiger partial charge is 0.387 e. The lowest BCUT2D eigenvalue weighted by atomic mass is 10.1. The molecule has 0 radical (unpaired) electrons. The Morgan fingerprint density at radius 2 is 2.38 bits per heavy atom. The molecule has 0 unspecified atom stereocenters. The summed E-state index contributed by atoms with van der Waals surface area (Å²) in [7, 11) is 0. The van der Waals surface area contributed by atoms with Crippen LogP contribution in [0.2, 0.25) is 0 Å². The highest BCUT2D eigenvalue weighted by Crippen LogP contribution is 2.15. The van der Waals surface area contributed by atoms with Crippen molar-refractivity contribution in [2.24, 2.45) is 0 Å². The standard InChI is InChI=1S/C9H13BrN2O/c1-2-11-6-9(13)7-3-8(10)5-12-4-7/h3-5,9,11,13H,2,6H2,1H3/t9-/m1/s1. The SMILES string of the molecule is CCNC[C@@H](O)c1cncc(Br)c1. The van der Waals surface area contributed by atoms with Crippen LogP contribution in [0.15, 0.2) is 22.9 Å². The molecule has 1 rings (SSSR count). The fourth-order valence-corrected chi connectivity index (χ4v) is 1.39. The average Bonchev–Trinajstić information content (AvgIpc) is 2.14. The van der Waals surface area contributed by atoms with E-state index in [0.717, 1.165) is 16.6 Å². The molecule has 0 saturated carbocycles. The molecule has 1 aromatic heterocycles. The summed E-state index contributed by atoms with van der Waals surface area (Å²) in [6, 6.07) is 1.87. The molecule has 0 amide bonds. The number of likely N-dealkylation sites (N-methyl/N-ethyl adjacent to an activating group) is 1. The predicted molar refractivity (Wildman–Crippen MR) is 55.4 cm³/mol. The highest BCUT2D eigenvalue weighted by Gasteiger charge is 2.06. The third kappa shape index (κ3) is 3.42. The maximum atomic E-state index is 9.65. The van der Waals surface area contributed by atoms with Crippen LogP contribution in [-0.2, 0) is 0 Å². The second-order valence-corrected chi connectivity index (χ2v) is 3.68. The van der Waals surface area contributed by atoms with E-state index in [9.17, 15) is 5.11 Å². The van der Waals surface area contributed by atoms with E-state index in [2.05, 4.69) is 26.2 Å². The van der Waals surface area contributed by atoms with Crippen molar-refractivity contribution < 1.29 is 5.11 Å². The molecule has 13 heavy (non-hydrogen) atoms. The van der Waals surface area contributed by atoms with Crippen LogP contribution in [0, 0.1) is 0 Å². The van der Waals surface area contributed by atoms with Crippen LogP contribution < -0.4 is 5.32 Å². The molecule has 72 valence electrons. The van der Waals surface area contributed by atoms with E-state index >= 15 is 0 Å². The van der Waals surface area contributed by atoms with E-state index in [-0.39, 0.29) is 0 Å². The number of aromatic nitrogens is 1. The van der Waals surface area contributed by atoms with Crippen LogP contribution in [0.3, 0.4) is 0 Å². The van der Waals surface area contributed by atoms with Crippen LogP contribution >= 0.6 is 15.9 Å². The molecule has 1 atom stereocenters. The summed E-state index contributed by atoms with van der Waals surface area (Å²) in [5, 5.41) is 12.7. The Bertz CT molecular complexity index is 268. The quantitative estimate of drug-likeness (QED) is 0.844. The number of halogens is 1. The minimum Gasteiger partial charge on any atom is -0.387 e. The van der Waals surface area contributed by atoms with Gasteiger partial charge >= 0.3 is 0 Å². The van der Waals surface area contributed by atoms with E-state index in [4.69, 9.17) is 0 Å². The van der Waals surface area contributed by atoms with Gasteiger partial charge in [0.2, 0.25) is 0 Å². The minimum atomic E-state index is -0.482. The minimum absolute atomic E-state index is 0.482. The van der Waals surface area contributed by atoms with Gasteiger partial charge in [0.1, 0.15) is 0 Å². The summed E-state index contributed by atoms with van der Waals surface area (Å²) >= 11 is 3.30. The highest BCUT2D eigenvalue weighted by molar-refractivity contribution is 9.10. The average molecular weight is 245 g/mol. The van der Waals surface area contributed by atoms with Gasteiger partial charge in [-0.1, -0.05) is 6.92 Å². The summed E-state index contributed by atoms with van der Waals surface area (Å²) in [5.74, 6) is 0. The Morgan fingerprint density at radius 1 is 1.62 bits per heavy atom. The first-order valence-electron chi connectivity index (χ1n) is 4.23. The first-order valence-corrected chi connectivity index (χ1v) is 5.02. The Kier molecular flexibility index (Phi) is 4.35. The summed E-state index contributed by atoms with van der Waals surface area (Å²) in [4.78, 5) is 3.98. The summed E-state index contributed by atoms with van der Waals surface area (Å²) in [6.07, 6.45) is 2.89. The Balaban J connectivity index is 2.60. The van der Waals surface area contributed by atoms with E-state index in [1.165, 1.54) is 0 Å². The van der Waals surface area contributed by atoms with Crippen LogP contribution in [0.4, 0.5) is 0 Å². The van der Waals surface area contributed by atoms with Crippen molar-refractivity contribution in [2.75, 3.05) is 13.1 Å². The molecule has 0 fully saturated rings. The first kappa shape index (κ1) is 10.6. The lowest BCUT2D eigenvalue weighted by molar-refractivity contribution is 0.175. The monoisotopic (exact) mass is 244 g/mol. The van der Waals surface area contributed by atoms with Gasteiger partial charge in [0, 0.05) is 29.0 Å². The Morgan fingerprint density at radius 3 is 3.00 bits per heavy atom. The second kappa shape index (κ2) is 5.32. The molecule has 0 bridgehead atoms. The molecular formula is C9H13BrN2O. The number of nitrogens with one attached hydrogen (secondary N) is 1. The zero-order valence-corrected chi connectivity index (χ0v) is 9.08. The molecule has 0 spiro atoms. The van der Waals surface area contributed by atoms with Gasteiger partial charge in [0.15, 0.2) is 0 Å².